The van der Waals surface area contributed by atoms with Crippen molar-refractivity contribution in [3.8, 4) is 5.75 Å². The lowest BCUT2D eigenvalue weighted by Crippen LogP contribution is -2.50. The van der Waals surface area contributed by atoms with Gasteiger partial charge in [-0.1, -0.05) is 25.1 Å². The molecule has 3 rings (SSSR count). The number of urea groups is 1. The zero-order valence-electron chi connectivity index (χ0n) is 15.4. The molecule has 0 radical (unpaired) electrons. The molecule has 2 aliphatic heterocycles. The van der Waals surface area contributed by atoms with Gasteiger partial charge in [-0.3, -0.25) is 9.69 Å². The Hall–Kier alpha value is -3.03. The zero-order valence-corrected chi connectivity index (χ0v) is 15.4. The number of hydrogen-bond donors (Lipinski definition) is 2. The van der Waals surface area contributed by atoms with Gasteiger partial charge in [-0.05, 0) is 19.4 Å². The third-order valence-electron chi connectivity index (χ3n) is 4.40. The number of cyclic esters (lactones) is 1. The molecule has 0 fully saturated rings. The van der Waals surface area contributed by atoms with Crippen molar-refractivity contribution in [2.75, 3.05) is 26.3 Å². The van der Waals surface area contributed by atoms with E-state index >= 15 is 0 Å². The van der Waals surface area contributed by atoms with Crippen molar-refractivity contribution in [3.63, 3.8) is 0 Å². The fourth-order valence-corrected chi connectivity index (χ4v) is 3.18. The van der Waals surface area contributed by atoms with E-state index in [4.69, 9.17) is 9.47 Å². The average Bonchev–Trinajstić information content (AvgIpc) is 3.04. The Morgan fingerprint density at radius 1 is 1.33 bits per heavy atom. The molecule has 8 heteroatoms. The highest BCUT2D eigenvalue weighted by Crippen LogP contribution is 2.38. The minimum atomic E-state index is -0.680. The Labute approximate surface area is 157 Å². The summed E-state index contributed by atoms with van der Waals surface area (Å²) < 4.78 is 10.8. The number of rotatable bonds is 7. The molecule has 1 atom stereocenters. The fraction of sp³-hybridized carbons (Fsp3) is 0.421. The quantitative estimate of drug-likeness (QED) is 0.706. The van der Waals surface area contributed by atoms with E-state index in [1.54, 1.807) is 12.1 Å². The van der Waals surface area contributed by atoms with E-state index in [9.17, 15) is 14.4 Å². The van der Waals surface area contributed by atoms with Crippen LogP contribution >= 0.6 is 0 Å². The maximum atomic E-state index is 12.7. The van der Waals surface area contributed by atoms with E-state index < -0.39 is 18.0 Å². The third-order valence-corrected chi connectivity index (χ3v) is 4.40. The maximum Gasteiger partial charge on any atom is 0.338 e. The molecule has 0 bridgehead atoms. The first-order chi connectivity index (χ1) is 13.1. The number of esters is 1. The number of nitrogens with zero attached hydrogens (tertiary/aromatic N) is 1. The number of carbonyl (C=O) groups excluding carboxylic acids is 3. The molecule has 2 aliphatic rings. The van der Waals surface area contributed by atoms with Crippen LogP contribution in [0.1, 0.15) is 31.9 Å². The van der Waals surface area contributed by atoms with Crippen LogP contribution in [-0.4, -0.2) is 49.1 Å². The molecular weight excluding hydrogens is 350 g/mol. The second-order valence-corrected chi connectivity index (χ2v) is 6.23. The summed E-state index contributed by atoms with van der Waals surface area (Å²) >= 11 is 0. The Kier molecular flexibility index (Phi) is 5.63. The molecule has 0 saturated carbocycles. The van der Waals surface area contributed by atoms with Gasteiger partial charge in [0.05, 0.1) is 23.9 Å². The highest BCUT2D eigenvalue weighted by Gasteiger charge is 2.43. The molecule has 0 saturated heterocycles. The first kappa shape index (κ1) is 18.8. The normalized spacial score (nSPS) is 18.7. The first-order valence-corrected chi connectivity index (χ1v) is 9.03. The predicted octanol–water partition coefficient (Wildman–Crippen LogP) is 1.49. The minimum absolute atomic E-state index is 0.0318. The van der Waals surface area contributed by atoms with Crippen LogP contribution in [0.15, 0.2) is 35.5 Å². The van der Waals surface area contributed by atoms with E-state index in [0.29, 0.717) is 35.7 Å². The molecule has 0 aromatic heterocycles. The lowest BCUT2D eigenvalue weighted by atomic mass is 9.95. The third kappa shape index (κ3) is 3.74. The van der Waals surface area contributed by atoms with Crippen molar-refractivity contribution in [2.45, 2.75) is 26.3 Å². The number of nitrogens with one attached hydrogen (secondary N) is 2. The van der Waals surface area contributed by atoms with Crippen LogP contribution in [0.3, 0.4) is 0 Å². The molecule has 2 N–H and O–H groups in total. The summed E-state index contributed by atoms with van der Waals surface area (Å²) in [7, 11) is 0. The van der Waals surface area contributed by atoms with Crippen molar-refractivity contribution in [1.82, 2.24) is 15.5 Å². The van der Waals surface area contributed by atoms with Crippen LogP contribution in [0.2, 0.25) is 0 Å². The Morgan fingerprint density at radius 2 is 2.11 bits per heavy atom. The minimum Gasteiger partial charge on any atom is -0.494 e. The molecule has 144 valence electrons. The number of ether oxygens (including phenoxy) is 2. The number of carbonyl (C=O) groups is 3. The van der Waals surface area contributed by atoms with Gasteiger partial charge in [0.15, 0.2) is 0 Å². The Bertz CT molecular complexity index is 789. The molecule has 2 heterocycles. The molecule has 1 aromatic carbocycles. The predicted molar refractivity (Wildman–Crippen MR) is 96.9 cm³/mol. The summed E-state index contributed by atoms with van der Waals surface area (Å²) in [5.41, 5.74) is 1.44. The summed E-state index contributed by atoms with van der Waals surface area (Å²) in [5, 5.41) is 5.54. The summed E-state index contributed by atoms with van der Waals surface area (Å²) in [5.74, 6) is -0.197. The van der Waals surface area contributed by atoms with Gasteiger partial charge in [0.25, 0.3) is 0 Å². The van der Waals surface area contributed by atoms with Crippen LogP contribution in [0.4, 0.5) is 4.79 Å². The molecule has 0 aliphatic carbocycles. The van der Waals surface area contributed by atoms with Gasteiger partial charge < -0.3 is 20.1 Å². The van der Waals surface area contributed by atoms with E-state index in [1.165, 1.54) is 4.90 Å². The Balaban J connectivity index is 1.94. The number of hydrogen-bond acceptors (Lipinski definition) is 5. The fourth-order valence-electron chi connectivity index (χ4n) is 3.18. The van der Waals surface area contributed by atoms with Gasteiger partial charge in [0, 0.05) is 12.1 Å². The SMILES string of the molecule is CCCNC(=O)CN1C(=O)NC(c2ccccc2OCC)C2=C1COC2=O. The summed E-state index contributed by atoms with van der Waals surface area (Å²) in [6.45, 7) is 4.59. The van der Waals surface area contributed by atoms with E-state index in [0.717, 1.165) is 6.42 Å². The lowest BCUT2D eigenvalue weighted by molar-refractivity contribution is -0.136. The molecule has 1 aromatic rings. The van der Waals surface area contributed by atoms with Crippen LogP contribution in [0, 0.1) is 0 Å². The molecule has 3 amide bonds. The van der Waals surface area contributed by atoms with Crippen LogP contribution in [0.5, 0.6) is 5.75 Å². The van der Waals surface area contributed by atoms with Crippen molar-refractivity contribution >= 4 is 17.9 Å². The van der Waals surface area contributed by atoms with Crippen LogP contribution in [-0.2, 0) is 14.3 Å². The van der Waals surface area contributed by atoms with Gasteiger partial charge >= 0.3 is 12.0 Å². The highest BCUT2D eigenvalue weighted by molar-refractivity contribution is 5.98. The summed E-state index contributed by atoms with van der Waals surface area (Å²) in [4.78, 5) is 38.4. The second kappa shape index (κ2) is 8.11. The van der Waals surface area contributed by atoms with Gasteiger partial charge in [-0.25, -0.2) is 9.59 Å². The maximum absolute atomic E-state index is 12.7. The van der Waals surface area contributed by atoms with Gasteiger partial charge in [0.2, 0.25) is 5.91 Å². The standard InChI is InChI=1S/C19H23N3O5/c1-3-9-20-15(23)10-22-13-11-27-18(24)16(13)17(21-19(22)25)12-7-5-6-8-14(12)26-4-2/h5-8,17H,3-4,9-11H2,1-2H3,(H,20,23)(H,21,25). The molecule has 1 unspecified atom stereocenters. The van der Waals surface area contributed by atoms with Gasteiger partial charge in [-0.15, -0.1) is 0 Å². The van der Waals surface area contributed by atoms with E-state index in [2.05, 4.69) is 10.6 Å². The van der Waals surface area contributed by atoms with E-state index in [-0.39, 0.29) is 19.1 Å². The molecule has 27 heavy (non-hydrogen) atoms. The number of para-hydroxylation sites is 1. The van der Waals surface area contributed by atoms with Crippen molar-refractivity contribution in [2.24, 2.45) is 0 Å². The average molecular weight is 373 g/mol. The lowest BCUT2D eigenvalue weighted by Gasteiger charge is -2.33. The topological polar surface area (TPSA) is 97.0 Å². The molecule has 0 spiro atoms. The molecular formula is C19H23N3O5. The second-order valence-electron chi connectivity index (χ2n) is 6.23. The first-order valence-electron chi connectivity index (χ1n) is 9.03. The van der Waals surface area contributed by atoms with Crippen molar-refractivity contribution in [1.29, 1.82) is 0 Å². The Morgan fingerprint density at radius 3 is 2.85 bits per heavy atom. The number of benzene rings is 1. The van der Waals surface area contributed by atoms with E-state index in [1.807, 2.05) is 26.0 Å². The smallest absolute Gasteiger partial charge is 0.338 e. The summed E-state index contributed by atoms with van der Waals surface area (Å²) in [6.07, 6.45) is 0.795. The van der Waals surface area contributed by atoms with Gasteiger partial charge in [-0.2, -0.15) is 0 Å². The number of amides is 3. The highest BCUT2D eigenvalue weighted by atomic mass is 16.5. The largest absolute Gasteiger partial charge is 0.494 e. The van der Waals surface area contributed by atoms with Crippen LogP contribution in [0.25, 0.3) is 0 Å². The van der Waals surface area contributed by atoms with Gasteiger partial charge in [0.1, 0.15) is 18.9 Å². The monoisotopic (exact) mass is 373 g/mol. The van der Waals surface area contributed by atoms with Crippen LogP contribution < -0.4 is 15.4 Å². The van der Waals surface area contributed by atoms with Crippen molar-refractivity contribution < 1.29 is 23.9 Å². The molecule has 8 nitrogen and oxygen atoms in total. The van der Waals surface area contributed by atoms with Crippen molar-refractivity contribution in [3.05, 3.63) is 41.1 Å². The zero-order chi connectivity index (χ0) is 19.4. The summed E-state index contributed by atoms with van der Waals surface area (Å²) in [6, 6.07) is 6.10.